The van der Waals surface area contributed by atoms with Gasteiger partial charge in [-0.1, -0.05) is 11.6 Å². The van der Waals surface area contributed by atoms with Crippen molar-refractivity contribution in [3.05, 3.63) is 23.2 Å². The quantitative estimate of drug-likeness (QED) is 0.823. The lowest BCUT2D eigenvalue weighted by atomic mass is 10.2. The van der Waals surface area contributed by atoms with Gasteiger partial charge in [0.1, 0.15) is 12.3 Å². The number of halogens is 1. The molecule has 22 heavy (non-hydrogen) atoms. The summed E-state index contributed by atoms with van der Waals surface area (Å²) in [5, 5.41) is 0.495. The Bertz CT molecular complexity index is 607. The summed E-state index contributed by atoms with van der Waals surface area (Å²) in [5.41, 5.74) is 0.540. The molecule has 1 aromatic carbocycles. The Morgan fingerprint density at radius 2 is 2.27 bits per heavy atom. The molecule has 0 bridgehead atoms. The van der Waals surface area contributed by atoms with E-state index in [1.165, 1.54) is 4.90 Å². The lowest BCUT2D eigenvalue weighted by Gasteiger charge is -2.36. The van der Waals surface area contributed by atoms with Crippen LogP contribution in [0.1, 0.15) is 6.92 Å². The molecule has 0 N–H and O–H groups in total. The first kappa shape index (κ1) is 15.1. The van der Waals surface area contributed by atoms with Gasteiger partial charge in [-0.15, -0.1) is 0 Å². The summed E-state index contributed by atoms with van der Waals surface area (Å²) in [5.74, 6) is 0.216. The molecule has 3 rings (SSSR count). The summed E-state index contributed by atoms with van der Waals surface area (Å²) in [6, 6.07) is 5.06. The van der Waals surface area contributed by atoms with Gasteiger partial charge in [0, 0.05) is 11.6 Å². The van der Waals surface area contributed by atoms with Crippen molar-refractivity contribution in [3.8, 4) is 5.75 Å². The molecular weight excluding hydrogens is 308 g/mol. The molecule has 0 spiro atoms. The van der Waals surface area contributed by atoms with Gasteiger partial charge < -0.3 is 14.4 Å². The van der Waals surface area contributed by atoms with Gasteiger partial charge in [0.05, 0.1) is 24.9 Å². The van der Waals surface area contributed by atoms with Crippen LogP contribution in [0.5, 0.6) is 5.75 Å². The Morgan fingerprint density at radius 1 is 1.45 bits per heavy atom. The summed E-state index contributed by atoms with van der Waals surface area (Å²) >= 11 is 5.99. The van der Waals surface area contributed by atoms with Crippen LogP contribution >= 0.6 is 11.6 Å². The zero-order valence-corrected chi connectivity index (χ0v) is 13.0. The zero-order valence-electron chi connectivity index (χ0n) is 12.3. The highest BCUT2D eigenvalue weighted by atomic mass is 35.5. The fourth-order valence-electron chi connectivity index (χ4n) is 2.67. The van der Waals surface area contributed by atoms with Crippen LogP contribution in [0.25, 0.3) is 0 Å². The third-order valence-corrected chi connectivity index (χ3v) is 4.08. The maximum atomic E-state index is 12.5. The van der Waals surface area contributed by atoms with Gasteiger partial charge in [-0.3, -0.25) is 14.5 Å². The summed E-state index contributed by atoms with van der Waals surface area (Å²) < 4.78 is 10.7. The second-order valence-corrected chi connectivity index (χ2v) is 5.83. The molecule has 1 fully saturated rings. The number of benzene rings is 1. The molecule has 0 unspecified atom stereocenters. The van der Waals surface area contributed by atoms with E-state index in [-0.39, 0.29) is 31.0 Å². The third kappa shape index (κ3) is 2.89. The second kappa shape index (κ2) is 6.14. The highest BCUT2D eigenvalue weighted by Crippen LogP contribution is 2.34. The number of hydrogen-bond acceptors (Lipinski definition) is 4. The number of amides is 2. The first-order chi connectivity index (χ1) is 10.6. The smallest absolute Gasteiger partial charge is 0.265 e. The molecule has 7 heteroatoms. The maximum Gasteiger partial charge on any atom is 0.265 e. The van der Waals surface area contributed by atoms with Crippen LogP contribution < -0.4 is 9.64 Å². The van der Waals surface area contributed by atoms with Crippen molar-refractivity contribution in [3.63, 3.8) is 0 Å². The van der Waals surface area contributed by atoms with E-state index in [9.17, 15) is 9.59 Å². The topological polar surface area (TPSA) is 59.1 Å². The SMILES string of the molecule is C[C@@H]1COCCN1C(=O)CN1C(=O)COc2ccc(Cl)cc21. The average Bonchev–Trinajstić information content (AvgIpc) is 2.50. The van der Waals surface area contributed by atoms with Crippen molar-refractivity contribution < 1.29 is 19.1 Å². The molecule has 118 valence electrons. The van der Waals surface area contributed by atoms with E-state index in [0.29, 0.717) is 36.2 Å². The van der Waals surface area contributed by atoms with Crippen LogP contribution in [0.3, 0.4) is 0 Å². The number of carbonyl (C=O) groups excluding carboxylic acids is 2. The van der Waals surface area contributed by atoms with Gasteiger partial charge in [0.2, 0.25) is 5.91 Å². The molecule has 0 aliphatic carbocycles. The van der Waals surface area contributed by atoms with Gasteiger partial charge in [0.25, 0.3) is 5.91 Å². The van der Waals surface area contributed by atoms with Gasteiger partial charge in [-0.2, -0.15) is 0 Å². The van der Waals surface area contributed by atoms with Crippen molar-refractivity contribution >= 4 is 29.1 Å². The number of carbonyl (C=O) groups is 2. The normalized spacial score (nSPS) is 21.4. The number of ether oxygens (including phenoxy) is 2. The summed E-state index contributed by atoms with van der Waals surface area (Å²) in [4.78, 5) is 27.8. The van der Waals surface area contributed by atoms with E-state index >= 15 is 0 Å². The molecule has 2 aliphatic heterocycles. The minimum atomic E-state index is -0.246. The second-order valence-electron chi connectivity index (χ2n) is 5.39. The minimum Gasteiger partial charge on any atom is -0.482 e. The van der Waals surface area contributed by atoms with Crippen LogP contribution in [0, 0.1) is 0 Å². The largest absolute Gasteiger partial charge is 0.482 e. The van der Waals surface area contributed by atoms with E-state index in [1.807, 2.05) is 6.92 Å². The third-order valence-electron chi connectivity index (χ3n) is 3.85. The van der Waals surface area contributed by atoms with E-state index in [2.05, 4.69) is 0 Å². The van der Waals surface area contributed by atoms with Gasteiger partial charge >= 0.3 is 0 Å². The lowest BCUT2D eigenvalue weighted by Crippen LogP contribution is -2.52. The summed E-state index contributed by atoms with van der Waals surface area (Å²) in [6.07, 6.45) is 0. The van der Waals surface area contributed by atoms with Gasteiger partial charge in [0.15, 0.2) is 6.61 Å². The fraction of sp³-hybridized carbons (Fsp3) is 0.467. The van der Waals surface area contributed by atoms with E-state index in [0.717, 1.165) is 0 Å². The predicted molar refractivity (Wildman–Crippen MR) is 81.3 cm³/mol. The fourth-order valence-corrected chi connectivity index (χ4v) is 2.84. The molecule has 2 aliphatic rings. The van der Waals surface area contributed by atoms with Crippen LogP contribution in [0.2, 0.25) is 5.02 Å². The standard InChI is InChI=1S/C15H17ClN2O4/c1-10-8-21-5-4-17(10)14(19)7-18-12-6-11(16)2-3-13(12)22-9-15(18)20/h2-3,6,10H,4-5,7-9H2,1H3/t10-/m1/s1. The Hall–Kier alpha value is -1.79. The van der Waals surface area contributed by atoms with Crippen molar-refractivity contribution in [2.24, 2.45) is 0 Å². The molecule has 0 radical (unpaired) electrons. The Kier molecular flexibility index (Phi) is 4.22. The van der Waals surface area contributed by atoms with Crippen molar-refractivity contribution in [1.29, 1.82) is 0 Å². The molecule has 1 saturated heterocycles. The van der Waals surface area contributed by atoms with Crippen LogP contribution in [0.15, 0.2) is 18.2 Å². The molecule has 6 nitrogen and oxygen atoms in total. The summed E-state index contributed by atoms with van der Waals surface area (Å²) in [7, 11) is 0. The average molecular weight is 325 g/mol. The van der Waals surface area contributed by atoms with Crippen molar-refractivity contribution in [2.45, 2.75) is 13.0 Å². The predicted octanol–water partition coefficient (Wildman–Crippen LogP) is 1.31. The number of hydrogen-bond donors (Lipinski definition) is 0. The molecule has 2 amide bonds. The van der Waals surface area contributed by atoms with E-state index < -0.39 is 0 Å². The number of morpholine rings is 1. The van der Waals surface area contributed by atoms with Crippen molar-refractivity contribution in [2.75, 3.05) is 37.8 Å². The number of rotatable bonds is 2. The minimum absolute atomic E-state index is 0.0104. The highest BCUT2D eigenvalue weighted by molar-refractivity contribution is 6.31. The van der Waals surface area contributed by atoms with Crippen LogP contribution in [0.4, 0.5) is 5.69 Å². The summed E-state index contributed by atoms with van der Waals surface area (Å²) in [6.45, 7) is 3.44. The first-order valence-corrected chi connectivity index (χ1v) is 7.54. The number of fused-ring (bicyclic) bond motifs is 1. The van der Waals surface area contributed by atoms with Crippen LogP contribution in [-0.4, -0.2) is 55.7 Å². The molecule has 1 aromatic rings. The highest BCUT2D eigenvalue weighted by Gasteiger charge is 2.31. The zero-order chi connectivity index (χ0) is 15.7. The maximum absolute atomic E-state index is 12.5. The number of nitrogens with zero attached hydrogens (tertiary/aromatic N) is 2. The van der Waals surface area contributed by atoms with E-state index in [1.54, 1.807) is 23.1 Å². The number of anilines is 1. The van der Waals surface area contributed by atoms with Gasteiger partial charge in [-0.25, -0.2) is 0 Å². The monoisotopic (exact) mass is 324 g/mol. The van der Waals surface area contributed by atoms with Crippen LogP contribution in [-0.2, 0) is 14.3 Å². The molecule has 0 saturated carbocycles. The molecule has 0 aromatic heterocycles. The van der Waals surface area contributed by atoms with E-state index in [4.69, 9.17) is 21.1 Å². The van der Waals surface area contributed by atoms with Gasteiger partial charge in [-0.05, 0) is 25.1 Å². The Morgan fingerprint density at radius 3 is 3.05 bits per heavy atom. The molecule has 2 heterocycles. The Balaban J connectivity index is 1.81. The lowest BCUT2D eigenvalue weighted by molar-refractivity contribution is -0.138. The Labute approximate surface area is 133 Å². The van der Waals surface area contributed by atoms with Crippen molar-refractivity contribution in [1.82, 2.24) is 4.90 Å². The molecular formula is C15H17ClN2O4. The first-order valence-electron chi connectivity index (χ1n) is 7.16. The molecule has 1 atom stereocenters.